The number of aryl methyl sites for hydroxylation is 1. The third-order valence-corrected chi connectivity index (χ3v) is 5.56. The van der Waals surface area contributed by atoms with E-state index in [9.17, 15) is 13.2 Å². The number of hydrogen-bond donors (Lipinski definition) is 4. The van der Waals surface area contributed by atoms with E-state index in [1.807, 2.05) is 24.6 Å². The van der Waals surface area contributed by atoms with Gasteiger partial charge in [-0.2, -0.15) is 8.42 Å². The van der Waals surface area contributed by atoms with Gasteiger partial charge in [0, 0.05) is 23.1 Å². The van der Waals surface area contributed by atoms with Gasteiger partial charge in [-0.05, 0) is 68.3 Å². The van der Waals surface area contributed by atoms with Crippen molar-refractivity contribution in [3.63, 3.8) is 0 Å². The molecule has 194 valence electrons. The molecule has 36 heavy (non-hydrogen) atoms. The number of nitrogens with zero attached hydrogens (tertiary/aromatic N) is 1. The Bertz CT molecular complexity index is 1340. The van der Waals surface area contributed by atoms with Crippen LogP contribution in [0.2, 0.25) is 0 Å². The van der Waals surface area contributed by atoms with Crippen molar-refractivity contribution in [2.24, 2.45) is 16.0 Å². The van der Waals surface area contributed by atoms with Crippen molar-refractivity contribution in [2.45, 2.75) is 39.7 Å². The lowest BCUT2D eigenvalue weighted by Crippen LogP contribution is -2.41. The molecule has 1 aromatic heterocycles. The van der Waals surface area contributed by atoms with Gasteiger partial charge in [0.2, 0.25) is 0 Å². The number of fused-ring (bicyclic) bond motifs is 1. The second kappa shape index (κ2) is 11.8. The Balaban J connectivity index is 2.02. The number of rotatable bonds is 12. The molecule has 1 amide bonds. The first-order valence-corrected chi connectivity index (χ1v) is 13.1. The van der Waals surface area contributed by atoms with E-state index < -0.39 is 22.2 Å². The quantitative estimate of drug-likeness (QED) is 0.161. The van der Waals surface area contributed by atoms with E-state index in [1.165, 1.54) is 0 Å². The zero-order valence-corrected chi connectivity index (χ0v) is 21.2. The van der Waals surface area contributed by atoms with Crippen LogP contribution in [0.25, 0.3) is 11.0 Å². The molecule has 0 fully saturated rings. The average Bonchev–Trinajstić information content (AvgIpc) is 3.23. The maximum Gasteiger partial charge on any atom is 0.298 e. The van der Waals surface area contributed by atoms with Crippen LogP contribution in [0, 0.1) is 0 Å². The van der Waals surface area contributed by atoms with Gasteiger partial charge in [-0.3, -0.25) is 4.79 Å². The molecule has 0 radical (unpaired) electrons. The van der Waals surface area contributed by atoms with E-state index in [1.54, 1.807) is 43.3 Å². The molecule has 1 unspecified atom stereocenters. The minimum absolute atomic E-state index is 0.196. The summed E-state index contributed by atoms with van der Waals surface area (Å²) in [5.41, 5.74) is 8.05. The molecule has 0 aliphatic rings. The number of amidine groups is 1. The fourth-order valence-corrected chi connectivity index (χ4v) is 3.98. The highest BCUT2D eigenvalue weighted by Crippen LogP contribution is 2.34. The van der Waals surface area contributed by atoms with Gasteiger partial charge in [0.05, 0.1) is 6.61 Å². The number of amides is 1. The van der Waals surface area contributed by atoms with Gasteiger partial charge in [0.15, 0.2) is 17.2 Å². The summed E-state index contributed by atoms with van der Waals surface area (Å²) in [5, 5.41) is 12.7. The van der Waals surface area contributed by atoms with Crippen molar-refractivity contribution in [2.75, 3.05) is 18.5 Å². The van der Waals surface area contributed by atoms with Crippen molar-refractivity contribution in [1.29, 1.82) is 0 Å². The van der Waals surface area contributed by atoms with Gasteiger partial charge in [0.1, 0.15) is 18.4 Å². The van der Waals surface area contributed by atoms with Crippen LogP contribution >= 0.6 is 0 Å². The third kappa shape index (κ3) is 6.89. The molecule has 0 aliphatic heterocycles. The molecule has 0 saturated heterocycles. The Morgan fingerprint density at radius 2 is 1.83 bits per heavy atom. The number of benzene rings is 2. The minimum Gasteiger partial charge on any atom is -0.490 e. The lowest BCUT2D eigenvalue weighted by molar-refractivity contribution is -0.120. The summed E-state index contributed by atoms with van der Waals surface area (Å²) in [4.78, 5) is 18.0. The number of hydrogen-bond acceptors (Lipinski definition) is 8. The first-order valence-electron chi connectivity index (χ1n) is 11.5. The van der Waals surface area contributed by atoms with Crippen LogP contribution in [0.5, 0.6) is 5.75 Å². The number of nitrogens with two attached hydrogens (primary N) is 2. The minimum atomic E-state index is -4.30. The molecule has 11 nitrogen and oxygen atoms in total. The van der Waals surface area contributed by atoms with Crippen molar-refractivity contribution in [1.82, 2.24) is 4.72 Å². The van der Waals surface area contributed by atoms with Crippen molar-refractivity contribution in [3.05, 3.63) is 59.4 Å². The third-order valence-electron chi connectivity index (χ3n) is 5.07. The summed E-state index contributed by atoms with van der Waals surface area (Å²) in [5.74, 6) is 0.559. The maximum atomic E-state index is 13.0. The number of furan rings is 1. The van der Waals surface area contributed by atoms with Crippen LogP contribution in [0.15, 0.2) is 52.0 Å². The van der Waals surface area contributed by atoms with Gasteiger partial charge in [-0.25, -0.2) is 9.86 Å². The number of oxime groups is 1. The van der Waals surface area contributed by atoms with Crippen LogP contribution in [0.3, 0.4) is 0 Å². The van der Waals surface area contributed by atoms with Crippen LogP contribution in [-0.4, -0.2) is 33.4 Å². The second-order valence-electron chi connectivity index (χ2n) is 7.89. The summed E-state index contributed by atoms with van der Waals surface area (Å²) < 4.78 is 36.8. The fourth-order valence-electron chi connectivity index (χ4n) is 3.59. The van der Waals surface area contributed by atoms with E-state index in [-0.39, 0.29) is 5.84 Å². The topological polar surface area (TPSA) is 171 Å². The zero-order valence-electron chi connectivity index (χ0n) is 20.4. The lowest BCUT2D eigenvalue weighted by atomic mass is 10.0. The second-order valence-corrected chi connectivity index (χ2v) is 9.19. The first kappa shape index (κ1) is 26.8. The molecule has 6 N–H and O–H groups in total. The van der Waals surface area contributed by atoms with E-state index >= 15 is 0 Å². The number of ether oxygens (including phenoxy) is 1. The van der Waals surface area contributed by atoms with E-state index in [0.29, 0.717) is 41.4 Å². The van der Waals surface area contributed by atoms with Crippen LogP contribution in [-0.2, 0) is 26.3 Å². The lowest BCUT2D eigenvalue weighted by Gasteiger charge is -2.20. The smallest absolute Gasteiger partial charge is 0.298 e. The summed E-state index contributed by atoms with van der Waals surface area (Å²) in [6.45, 7) is 6.42. The van der Waals surface area contributed by atoms with Crippen molar-refractivity contribution >= 4 is 38.6 Å². The Morgan fingerprint density at radius 3 is 2.44 bits per heavy atom. The number of carbonyl (C=O) groups is 1. The molecule has 3 aromatic rings. The van der Waals surface area contributed by atoms with Gasteiger partial charge in [0.25, 0.3) is 16.1 Å². The molecule has 0 saturated carbocycles. The largest absolute Gasteiger partial charge is 0.490 e. The highest BCUT2D eigenvalue weighted by Gasteiger charge is 2.26. The highest BCUT2D eigenvalue weighted by atomic mass is 32.2. The van der Waals surface area contributed by atoms with E-state index in [0.717, 1.165) is 24.0 Å². The standard InChI is InChI=1S/C24H31N5O6S/c1-4-7-19-13-17-12-16(14-20(33-5-2)22(17)35-19)21(24(30)29-36(26,31)32)27-18-10-8-15(9-11-18)23(25)28-34-6-3/h8-14,21,27H,4-7H2,1-3H3,(H2,25,28)(H,29,30)(H2,26,31,32). The molecule has 0 spiro atoms. The molecule has 1 heterocycles. The molecular weight excluding hydrogens is 486 g/mol. The zero-order chi connectivity index (χ0) is 26.3. The van der Waals surface area contributed by atoms with Gasteiger partial charge in [-0.15, -0.1) is 0 Å². The summed E-state index contributed by atoms with van der Waals surface area (Å²) in [6.07, 6.45) is 1.64. The molecular formula is C24H31N5O6S. The van der Waals surface area contributed by atoms with Crippen LogP contribution in [0.4, 0.5) is 5.69 Å². The van der Waals surface area contributed by atoms with Gasteiger partial charge < -0.3 is 25.0 Å². The monoisotopic (exact) mass is 517 g/mol. The van der Waals surface area contributed by atoms with E-state index in [2.05, 4.69) is 10.5 Å². The average molecular weight is 518 g/mol. The van der Waals surface area contributed by atoms with Gasteiger partial charge >= 0.3 is 0 Å². The van der Waals surface area contributed by atoms with Crippen LogP contribution < -0.4 is 25.6 Å². The van der Waals surface area contributed by atoms with E-state index in [4.69, 9.17) is 24.9 Å². The maximum absolute atomic E-state index is 13.0. The van der Waals surface area contributed by atoms with Crippen molar-refractivity contribution in [3.8, 4) is 5.75 Å². The molecule has 2 aromatic carbocycles. The first-order chi connectivity index (χ1) is 17.1. The Morgan fingerprint density at radius 1 is 1.11 bits per heavy atom. The number of nitrogens with one attached hydrogen (secondary N) is 2. The molecule has 0 aliphatic carbocycles. The summed E-state index contributed by atoms with van der Waals surface area (Å²) in [6, 6.07) is 10.9. The Kier molecular flexibility index (Phi) is 8.78. The molecule has 0 bridgehead atoms. The number of carbonyl (C=O) groups excluding carboxylic acids is 1. The number of anilines is 1. The van der Waals surface area contributed by atoms with Crippen molar-refractivity contribution < 1.29 is 27.2 Å². The molecule has 1 atom stereocenters. The van der Waals surface area contributed by atoms with Crippen LogP contribution in [0.1, 0.15) is 50.1 Å². The summed E-state index contributed by atoms with van der Waals surface area (Å²) >= 11 is 0. The molecule has 12 heteroatoms. The SMILES string of the molecule is CCCc1cc2cc(C(Nc3ccc(/C(N)=N/OCC)cc3)C(=O)NS(N)(=O)=O)cc(OCC)c2o1. The Labute approximate surface area is 210 Å². The fraction of sp³-hybridized carbons (Fsp3) is 0.333. The normalized spacial score (nSPS) is 12.8. The Hall–Kier alpha value is -3.77. The predicted octanol–water partition coefficient (Wildman–Crippen LogP) is 2.91. The summed E-state index contributed by atoms with van der Waals surface area (Å²) in [7, 11) is -4.30. The van der Waals surface area contributed by atoms with Gasteiger partial charge in [-0.1, -0.05) is 12.1 Å². The predicted molar refractivity (Wildman–Crippen MR) is 138 cm³/mol. The molecule has 3 rings (SSSR count). The highest BCUT2D eigenvalue weighted by molar-refractivity contribution is 7.87.